The summed E-state index contributed by atoms with van der Waals surface area (Å²) in [5, 5.41) is 9.04. The lowest BCUT2D eigenvalue weighted by Crippen LogP contribution is -2.26. The molecule has 0 unspecified atom stereocenters. The van der Waals surface area contributed by atoms with Gasteiger partial charge >= 0.3 is 11.9 Å². The second-order valence-electron chi connectivity index (χ2n) is 8.43. The minimum Gasteiger partial charge on any atom is -0.481 e. The highest BCUT2D eigenvalue weighted by molar-refractivity contribution is 5.81. The molecule has 0 aliphatic carbocycles. The monoisotopic (exact) mass is 384 g/mol. The fraction of sp³-hybridized carbons (Fsp3) is 0.810. The molecule has 0 fully saturated rings. The molecule has 0 bridgehead atoms. The van der Waals surface area contributed by atoms with Crippen LogP contribution >= 0.6 is 0 Å². The summed E-state index contributed by atoms with van der Waals surface area (Å²) in [6.07, 6.45) is 4.25. The van der Waals surface area contributed by atoms with Gasteiger partial charge in [0.05, 0.1) is 17.4 Å². The van der Waals surface area contributed by atoms with E-state index < -0.39 is 16.8 Å². The van der Waals surface area contributed by atoms with Crippen molar-refractivity contribution in [1.82, 2.24) is 0 Å². The van der Waals surface area contributed by atoms with Gasteiger partial charge < -0.3 is 9.84 Å². The van der Waals surface area contributed by atoms with Gasteiger partial charge in [-0.2, -0.15) is 0 Å². The van der Waals surface area contributed by atoms with Gasteiger partial charge in [-0.25, -0.2) is 0 Å². The standard InChI is InChI=1S/C21H36O6/c1-6-27-19(26)21(4,5)15-9-13-17(23)11-7-10-16(22)12-8-14-20(2,3)18(24)25/h6-15H2,1-5H3,(H,24,25). The summed E-state index contributed by atoms with van der Waals surface area (Å²) in [6, 6.07) is 0. The van der Waals surface area contributed by atoms with Crippen LogP contribution in [0.5, 0.6) is 0 Å². The van der Waals surface area contributed by atoms with E-state index in [0.717, 1.165) is 0 Å². The van der Waals surface area contributed by atoms with E-state index in [1.54, 1.807) is 20.8 Å². The van der Waals surface area contributed by atoms with Gasteiger partial charge in [-0.1, -0.05) is 0 Å². The maximum atomic E-state index is 11.9. The molecule has 156 valence electrons. The summed E-state index contributed by atoms with van der Waals surface area (Å²) in [6.45, 7) is 9.07. The first-order valence-electron chi connectivity index (χ1n) is 9.86. The summed E-state index contributed by atoms with van der Waals surface area (Å²) in [5.74, 6) is -0.914. The van der Waals surface area contributed by atoms with Crippen molar-refractivity contribution in [2.45, 2.75) is 92.4 Å². The van der Waals surface area contributed by atoms with Crippen LogP contribution in [0.15, 0.2) is 0 Å². The lowest BCUT2D eigenvalue weighted by Gasteiger charge is -2.21. The summed E-state index contributed by atoms with van der Waals surface area (Å²) in [7, 11) is 0. The SMILES string of the molecule is CCOC(=O)C(C)(C)CCCC(=O)CCCC(=O)CCCC(C)(C)C(=O)O. The zero-order valence-electron chi connectivity index (χ0n) is 17.6. The molecule has 0 saturated heterocycles. The fourth-order valence-electron chi connectivity index (χ4n) is 2.72. The molecule has 27 heavy (non-hydrogen) atoms. The smallest absolute Gasteiger partial charge is 0.311 e. The molecular formula is C21H36O6. The van der Waals surface area contributed by atoms with Gasteiger partial charge in [0.25, 0.3) is 0 Å². The van der Waals surface area contributed by atoms with E-state index in [9.17, 15) is 19.2 Å². The molecule has 0 aliphatic heterocycles. The van der Waals surface area contributed by atoms with Gasteiger partial charge in [-0.3, -0.25) is 19.2 Å². The average Bonchev–Trinajstić information content (AvgIpc) is 2.54. The predicted molar refractivity (Wildman–Crippen MR) is 103 cm³/mol. The van der Waals surface area contributed by atoms with Crippen LogP contribution in [0.1, 0.15) is 92.4 Å². The zero-order chi connectivity index (χ0) is 21.1. The number of ether oxygens (including phenoxy) is 1. The molecule has 0 aromatic heterocycles. The van der Waals surface area contributed by atoms with Gasteiger partial charge in [-0.15, -0.1) is 0 Å². The summed E-state index contributed by atoms with van der Waals surface area (Å²) in [5.41, 5.74) is -1.40. The number of hydrogen-bond acceptors (Lipinski definition) is 5. The minimum absolute atomic E-state index is 0.0763. The molecule has 1 N–H and O–H groups in total. The highest BCUT2D eigenvalue weighted by atomic mass is 16.5. The van der Waals surface area contributed by atoms with Gasteiger partial charge in [0, 0.05) is 25.7 Å². The van der Waals surface area contributed by atoms with Crippen molar-refractivity contribution in [1.29, 1.82) is 0 Å². The van der Waals surface area contributed by atoms with Gasteiger partial charge in [0.1, 0.15) is 11.6 Å². The summed E-state index contributed by atoms with van der Waals surface area (Å²) in [4.78, 5) is 46.6. The number of aliphatic carboxylic acids is 1. The topological polar surface area (TPSA) is 97.7 Å². The first-order chi connectivity index (χ1) is 12.4. The summed E-state index contributed by atoms with van der Waals surface area (Å²) >= 11 is 0. The van der Waals surface area contributed by atoms with Gasteiger partial charge in [-0.05, 0) is 66.7 Å². The Hall–Kier alpha value is -1.72. The molecule has 0 amide bonds. The minimum atomic E-state index is -0.855. The Morgan fingerprint density at radius 2 is 1.15 bits per heavy atom. The average molecular weight is 385 g/mol. The zero-order valence-corrected chi connectivity index (χ0v) is 17.6. The third-order valence-electron chi connectivity index (χ3n) is 4.83. The number of carboxylic acid groups (broad SMARTS) is 1. The van der Waals surface area contributed by atoms with E-state index in [-0.39, 0.29) is 17.5 Å². The van der Waals surface area contributed by atoms with Crippen LogP contribution in [0.25, 0.3) is 0 Å². The Morgan fingerprint density at radius 1 is 0.741 bits per heavy atom. The number of ketones is 2. The van der Waals surface area contributed by atoms with Crippen molar-refractivity contribution in [2.24, 2.45) is 10.8 Å². The normalized spacial score (nSPS) is 11.9. The number of Topliss-reactive ketones (excluding diaryl/α,β-unsaturated/α-hetero) is 2. The van der Waals surface area contributed by atoms with Crippen LogP contribution < -0.4 is 0 Å². The highest BCUT2D eigenvalue weighted by Gasteiger charge is 2.29. The first-order valence-corrected chi connectivity index (χ1v) is 9.86. The number of carbonyl (C=O) groups excluding carboxylic acids is 3. The van der Waals surface area contributed by atoms with Crippen molar-refractivity contribution in [2.75, 3.05) is 6.61 Å². The lowest BCUT2D eigenvalue weighted by atomic mass is 9.86. The molecule has 0 saturated carbocycles. The second-order valence-corrected chi connectivity index (χ2v) is 8.43. The van der Waals surface area contributed by atoms with Crippen molar-refractivity contribution in [3.8, 4) is 0 Å². The van der Waals surface area contributed by atoms with Crippen molar-refractivity contribution >= 4 is 23.5 Å². The molecule has 0 aliphatic rings. The summed E-state index contributed by atoms with van der Waals surface area (Å²) < 4.78 is 5.03. The Balaban J connectivity index is 3.92. The lowest BCUT2D eigenvalue weighted by molar-refractivity contribution is -0.154. The van der Waals surface area contributed by atoms with Crippen molar-refractivity contribution in [3.63, 3.8) is 0 Å². The van der Waals surface area contributed by atoms with Crippen molar-refractivity contribution < 1.29 is 29.0 Å². The van der Waals surface area contributed by atoms with E-state index >= 15 is 0 Å². The number of rotatable bonds is 15. The molecular weight excluding hydrogens is 348 g/mol. The van der Waals surface area contributed by atoms with Gasteiger partial charge in [0.2, 0.25) is 0 Å². The molecule has 0 aromatic rings. The van der Waals surface area contributed by atoms with Crippen LogP contribution in [-0.4, -0.2) is 35.2 Å². The Morgan fingerprint density at radius 3 is 1.56 bits per heavy atom. The number of carboxylic acids is 1. The third-order valence-corrected chi connectivity index (χ3v) is 4.83. The van der Waals surface area contributed by atoms with Crippen LogP contribution in [0.4, 0.5) is 0 Å². The number of hydrogen-bond donors (Lipinski definition) is 1. The van der Waals surface area contributed by atoms with Crippen molar-refractivity contribution in [3.05, 3.63) is 0 Å². The molecule has 6 nitrogen and oxygen atoms in total. The number of carbonyl (C=O) groups is 4. The largest absolute Gasteiger partial charge is 0.481 e. The maximum Gasteiger partial charge on any atom is 0.311 e. The Kier molecular flexibility index (Phi) is 11.1. The van der Waals surface area contributed by atoms with E-state index in [0.29, 0.717) is 64.4 Å². The van der Waals surface area contributed by atoms with E-state index in [1.165, 1.54) is 0 Å². The Bertz CT molecular complexity index is 519. The number of esters is 1. The molecule has 6 heteroatoms. The molecule has 0 atom stereocenters. The molecule has 0 radical (unpaired) electrons. The van der Waals surface area contributed by atoms with E-state index in [4.69, 9.17) is 9.84 Å². The second kappa shape index (κ2) is 11.9. The fourth-order valence-corrected chi connectivity index (χ4v) is 2.72. The molecule has 0 rings (SSSR count). The van der Waals surface area contributed by atoms with Crippen LogP contribution in [0.3, 0.4) is 0 Å². The third kappa shape index (κ3) is 10.9. The van der Waals surface area contributed by atoms with Crippen LogP contribution in [-0.2, 0) is 23.9 Å². The van der Waals surface area contributed by atoms with Gasteiger partial charge in [0.15, 0.2) is 0 Å². The van der Waals surface area contributed by atoms with E-state index in [2.05, 4.69) is 0 Å². The molecule has 0 spiro atoms. The predicted octanol–water partition coefficient (Wildman–Crippen LogP) is 4.34. The quantitative estimate of drug-likeness (QED) is 0.422. The first kappa shape index (κ1) is 25.3. The maximum absolute atomic E-state index is 11.9. The molecule has 0 aromatic carbocycles. The van der Waals surface area contributed by atoms with Crippen LogP contribution in [0, 0.1) is 10.8 Å². The van der Waals surface area contributed by atoms with E-state index in [1.807, 2.05) is 13.8 Å². The molecule has 0 heterocycles. The highest BCUT2D eigenvalue weighted by Crippen LogP contribution is 2.26. The Labute approximate surface area is 163 Å². The van der Waals surface area contributed by atoms with Crippen LogP contribution in [0.2, 0.25) is 0 Å².